The molecule has 0 spiro atoms. The molecule has 31 heavy (non-hydrogen) atoms. The molecule has 160 valence electrons. The molecule has 10 nitrogen and oxygen atoms in total. The van der Waals surface area contributed by atoms with E-state index in [9.17, 15) is 24.5 Å². The predicted molar refractivity (Wildman–Crippen MR) is 107 cm³/mol. The molecule has 2 aromatic carbocycles. The van der Waals surface area contributed by atoms with Gasteiger partial charge < -0.3 is 14.8 Å². The number of hydrogen-bond donors (Lipinski definition) is 1. The van der Waals surface area contributed by atoms with E-state index in [1.807, 2.05) is 0 Å². The van der Waals surface area contributed by atoms with Crippen LogP contribution < -0.4 is 14.8 Å². The van der Waals surface area contributed by atoms with Gasteiger partial charge in [-0.3, -0.25) is 29.4 Å². The molecule has 0 fully saturated rings. The third-order valence-corrected chi connectivity index (χ3v) is 5.31. The highest BCUT2D eigenvalue weighted by molar-refractivity contribution is 6.24. The van der Waals surface area contributed by atoms with Crippen LogP contribution in [0, 0.1) is 10.1 Å². The van der Waals surface area contributed by atoms with Crippen molar-refractivity contribution in [3.8, 4) is 11.5 Å². The number of amides is 3. The third kappa shape index (κ3) is 3.45. The average molecular weight is 425 g/mol. The maximum absolute atomic E-state index is 12.8. The number of carbonyl (C=O) groups excluding carboxylic acids is 3. The van der Waals surface area contributed by atoms with Crippen molar-refractivity contribution < 1.29 is 28.8 Å². The van der Waals surface area contributed by atoms with Gasteiger partial charge in [0.05, 0.1) is 16.5 Å². The lowest BCUT2D eigenvalue weighted by Crippen LogP contribution is -2.48. The van der Waals surface area contributed by atoms with Crippen LogP contribution in [0.25, 0.3) is 0 Å². The molecule has 2 aliphatic heterocycles. The number of ether oxygens (including phenoxy) is 2. The first-order valence-electron chi connectivity index (χ1n) is 9.64. The first-order chi connectivity index (χ1) is 14.8. The minimum Gasteiger partial charge on any atom is -0.486 e. The van der Waals surface area contributed by atoms with Crippen molar-refractivity contribution in [3.63, 3.8) is 0 Å². The highest BCUT2D eigenvalue weighted by Crippen LogP contribution is 2.34. The van der Waals surface area contributed by atoms with E-state index in [1.165, 1.54) is 19.1 Å². The van der Waals surface area contributed by atoms with Crippen molar-refractivity contribution in [1.29, 1.82) is 0 Å². The molecule has 0 radical (unpaired) electrons. The summed E-state index contributed by atoms with van der Waals surface area (Å²) in [5, 5.41) is 14.0. The second-order valence-electron chi connectivity index (χ2n) is 7.25. The van der Waals surface area contributed by atoms with Crippen LogP contribution in [0.5, 0.6) is 11.5 Å². The van der Waals surface area contributed by atoms with Crippen molar-refractivity contribution in [2.75, 3.05) is 13.2 Å². The maximum Gasteiger partial charge on any atom is 0.282 e. The van der Waals surface area contributed by atoms with E-state index in [-0.39, 0.29) is 11.1 Å². The molecule has 0 bridgehead atoms. The summed E-state index contributed by atoms with van der Waals surface area (Å²) in [6, 6.07) is 7.51. The van der Waals surface area contributed by atoms with E-state index in [0.717, 1.165) is 16.5 Å². The minimum atomic E-state index is -1.16. The molecule has 0 aliphatic carbocycles. The zero-order valence-corrected chi connectivity index (χ0v) is 16.8. The zero-order valence-electron chi connectivity index (χ0n) is 16.8. The quantitative estimate of drug-likeness (QED) is 0.442. The number of rotatable bonds is 5. The van der Waals surface area contributed by atoms with Crippen LogP contribution in [0.2, 0.25) is 0 Å². The normalized spacial score (nSPS) is 16.5. The smallest absolute Gasteiger partial charge is 0.282 e. The van der Waals surface area contributed by atoms with Gasteiger partial charge in [0.1, 0.15) is 24.8 Å². The van der Waals surface area contributed by atoms with E-state index in [1.54, 1.807) is 25.1 Å². The number of hydrogen-bond acceptors (Lipinski definition) is 7. The molecule has 10 heteroatoms. The molecule has 2 unspecified atom stereocenters. The van der Waals surface area contributed by atoms with Crippen molar-refractivity contribution in [1.82, 2.24) is 10.2 Å². The van der Waals surface area contributed by atoms with Gasteiger partial charge in [0.2, 0.25) is 5.91 Å². The Hall–Kier alpha value is -3.95. The van der Waals surface area contributed by atoms with Crippen LogP contribution >= 0.6 is 0 Å². The monoisotopic (exact) mass is 425 g/mol. The van der Waals surface area contributed by atoms with E-state index in [4.69, 9.17) is 9.47 Å². The van der Waals surface area contributed by atoms with Gasteiger partial charge in [-0.2, -0.15) is 0 Å². The Balaban J connectivity index is 1.52. The van der Waals surface area contributed by atoms with Crippen LogP contribution in [0.15, 0.2) is 36.4 Å². The summed E-state index contributed by atoms with van der Waals surface area (Å²) in [6.45, 7) is 4.05. The molecule has 0 saturated carbocycles. The first-order valence-corrected chi connectivity index (χ1v) is 9.64. The third-order valence-electron chi connectivity index (χ3n) is 5.31. The Morgan fingerprint density at radius 2 is 1.81 bits per heavy atom. The molecule has 2 heterocycles. The molecule has 4 rings (SSSR count). The highest BCUT2D eigenvalue weighted by atomic mass is 16.6. The summed E-state index contributed by atoms with van der Waals surface area (Å²) < 4.78 is 11.0. The Labute approximate surface area is 176 Å². The summed E-state index contributed by atoms with van der Waals surface area (Å²) in [5.41, 5.74) is -0.0887. The van der Waals surface area contributed by atoms with E-state index < -0.39 is 40.4 Å². The Bertz CT molecular complexity index is 1110. The number of carbonyl (C=O) groups is 3. The van der Waals surface area contributed by atoms with Crippen LogP contribution in [0.3, 0.4) is 0 Å². The minimum absolute atomic E-state index is 0.0845. The number of imide groups is 1. The van der Waals surface area contributed by atoms with Gasteiger partial charge in [-0.05, 0) is 37.6 Å². The molecular weight excluding hydrogens is 406 g/mol. The lowest BCUT2D eigenvalue weighted by molar-refractivity contribution is -0.385. The maximum atomic E-state index is 12.8. The number of nitro groups is 1. The number of nitro benzene ring substituents is 1. The zero-order chi connectivity index (χ0) is 22.3. The lowest BCUT2D eigenvalue weighted by Gasteiger charge is -2.25. The van der Waals surface area contributed by atoms with Gasteiger partial charge in [-0.1, -0.05) is 12.1 Å². The van der Waals surface area contributed by atoms with Gasteiger partial charge >= 0.3 is 0 Å². The number of nitrogens with one attached hydrogen (secondary N) is 1. The van der Waals surface area contributed by atoms with Gasteiger partial charge in [0.15, 0.2) is 11.5 Å². The van der Waals surface area contributed by atoms with Gasteiger partial charge in [0.25, 0.3) is 17.5 Å². The van der Waals surface area contributed by atoms with E-state index in [0.29, 0.717) is 24.7 Å². The van der Waals surface area contributed by atoms with Crippen LogP contribution in [0.4, 0.5) is 5.69 Å². The highest BCUT2D eigenvalue weighted by Gasteiger charge is 2.45. The molecule has 0 saturated heterocycles. The Morgan fingerprint density at radius 3 is 2.52 bits per heavy atom. The van der Waals surface area contributed by atoms with Crippen molar-refractivity contribution in [3.05, 3.63) is 63.2 Å². The molecule has 0 aromatic heterocycles. The number of fused-ring (bicyclic) bond motifs is 2. The molecule has 2 aliphatic rings. The summed E-state index contributed by atoms with van der Waals surface area (Å²) in [4.78, 5) is 49.6. The predicted octanol–water partition coefficient (Wildman–Crippen LogP) is 2.23. The van der Waals surface area contributed by atoms with Gasteiger partial charge in [-0.25, -0.2) is 0 Å². The standard InChI is InChI=1S/C21H19N3O7/c1-11(13-6-7-16-17(10-13)31-9-8-30-16)22-19(25)12(2)23-20(26)14-4-3-5-15(24(28)29)18(14)21(23)27/h3-7,10-12H,8-9H2,1-2H3,(H,22,25). The SMILES string of the molecule is CC(NC(=O)C(C)N1C(=O)c2cccc([N+](=O)[O-])c2C1=O)c1ccc2c(c1)OCCO2. The largest absolute Gasteiger partial charge is 0.486 e. The van der Waals surface area contributed by atoms with Gasteiger partial charge in [-0.15, -0.1) is 0 Å². The fraction of sp³-hybridized carbons (Fsp3) is 0.286. The van der Waals surface area contributed by atoms with Crippen molar-refractivity contribution in [2.24, 2.45) is 0 Å². The van der Waals surface area contributed by atoms with Crippen molar-refractivity contribution >= 4 is 23.4 Å². The topological polar surface area (TPSA) is 128 Å². The van der Waals surface area contributed by atoms with E-state index >= 15 is 0 Å². The summed E-state index contributed by atoms with van der Waals surface area (Å²) in [5.74, 6) is -0.972. The van der Waals surface area contributed by atoms with Crippen molar-refractivity contribution in [2.45, 2.75) is 25.9 Å². The summed E-state index contributed by atoms with van der Waals surface area (Å²) in [7, 11) is 0. The molecule has 2 aromatic rings. The average Bonchev–Trinajstić information content (AvgIpc) is 3.02. The second kappa shape index (κ2) is 7.71. The summed E-state index contributed by atoms with van der Waals surface area (Å²) in [6.07, 6.45) is 0. The first kappa shape index (κ1) is 20.3. The Morgan fingerprint density at radius 1 is 1.10 bits per heavy atom. The fourth-order valence-corrected chi connectivity index (χ4v) is 3.65. The van der Waals surface area contributed by atoms with Gasteiger partial charge in [0, 0.05) is 6.07 Å². The molecule has 2 atom stereocenters. The molecular formula is C21H19N3O7. The van der Waals surface area contributed by atoms with Crippen LogP contribution in [-0.2, 0) is 4.79 Å². The fourth-order valence-electron chi connectivity index (χ4n) is 3.65. The van der Waals surface area contributed by atoms with E-state index in [2.05, 4.69) is 5.32 Å². The van der Waals surface area contributed by atoms with Crippen LogP contribution in [-0.4, -0.2) is 46.8 Å². The lowest BCUT2D eigenvalue weighted by atomic mass is 10.1. The number of benzene rings is 2. The Kier molecular flexibility index (Phi) is 5.05. The second-order valence-corrected chi connectivity index (χ2v) is 7.25. The molecule has 1 N–H and O–H groups in total. The molecule has 3 amide bonds. The number of nitrogens with zero attached hydrogens (tertiary/aromatic N) is 2. The summed E-state index contributed by atoms with van der Waals surface area (Å²) >= 11 is 0. The van der Waals surface area contributed by atoms with Crippen LogP contribution in [0.1, 0.15) is 46.2 Å².